The summed E-state index contributed by atoms with van der Waals surface area (Å²) >= 11 is 0. The maximum absolute atomic E-state index is 12.7. The Bertz CT molecular complexity index is 403. The molecule has 1 aromatic carbocycles. The molecule has 0 amide bonds. The van der Waals surface area contributed by atoms with Crippen LogP contribution in [0.15, 0.2) is 24.3 Å². The van der Waals surface area contributed by atoms with Crippen molar-refractivity contribution in [2.24, 2.45) is 0 Å². The maximum Gasteiger partial charge on any atom is 0.326 e. The Morgan fingerprint density at radius 2 is 2.11 bits per heavy atom. The summed E-state index contributed by atoms with van der Waals surface area (Å²) in [5, 5.41) is 3.15. The SMILES string of the molecule is COC(=O)C(COc1ccc(F)cc1)NC1CC1. The standard InChI is InChI=1S/C13H16FNO3/c1-17-13(16)12(15-10-4-5-10)8-18-11-6-2-9(14)3-7-11/h2-3,6-7,10,12,15H,4-5,8H2,1H3. The molecule has 1 atom stereocenters. The predicted molar refractivity (Wildman–Crippen MR) is 63.9 cm³/mol. The number of esters is 1. The van der Waals surface area contributed by atoms with Gasteiger partial charge in [0.2, 0.25) is 0 Å². The number of carbonyl (C=O) groups is 1. The second-order valence-electron chi connectivity index (χ2n) is 4.28. The number of carbonyl (C=O) groups excluding carboxylic acids is 1. The van der Waals surface area contributed by atoms with Gasteiger partial charge in [-0.2, -0.15) is 0 Å². The van der Waals surface area contributed by atoms with E-state index in [9.17, 15) is 9.18 Å². The average Bonchev–Trinajstić information content (AvgIpc) is 3.19. The molecule has 0 radical (unpaired) electrons. The lowest BCUT2D eigenvalue weighted by Crippen LogP contribution is -2.43. The van der Waals surface area contributed by atoms with Crippen LogP contribution in [0, 0.1) is 5.82 Å². The van der Waals surface area contributed by atoms with Crippen LogP contribution in [0.4, 0.5) is 4.39 Å². The van der Waals surface area contributed by atoms with Crippen LogP contribution in [0.2, 0.25) is 0 Å². The average molecular weight is 253 g/mol. The predicted octanol–water partition coefficient (Wildman–Crippen LogP) is 1.50. The van der Waals surface area contributed by atoms with Crippen molar-refractivity contribution in [1.82, 2.24) is 5.32 Å². The summed E-state index contributed by atoms with van der Waals surface area (Å²) in [5.74, 6) is -0.130. The number of hydrogen-bond donors (Lipinski definition) is 1. The second-order valence-corrected chi connectivity index (χ2v) is 4.28. The molecule has 1 aliphatic rings. The van der Waals surface area contributed by atoms with Gasteiger partial charge in [0, 0.05) is 6.04 Å². The summed E-state index contributed by atoms with van der Waals surface area (Å²) < 4.78 is 22.9. The summed E-state index contributed by atoms with van der Waals surface area (Å²) in [6.45, 7) is 0.175. The van der Waals surface area contributed by atoms with Crippen LogP contribution in [0.1, 0.15) is 12.8 Å². The van der Waals surface area contributed by atoms with Gasteiger partial charge in [0.05, 0.1) is 7.11 Å². The van der Waals surface area contributed by atoms with Crippen LogP contribution in [-0.2, 0) is 9.53 Å². The van der Waals surface area contributed by atoms with Crippen molar-refractivity contribution >= 4 is 5.97 Å². The first kappa shape index (κ1) is 12.8. The fourth-order valence-electron chi connectivity index (χ4n) is 1.57. The zero-order valence-corrected chi connectivity index (χ0v) is 10.2. The number of hydrogen-bond acceptors (Lipinski definition) is 4. The van der Waals surface area contributed by atoms with E-state index in [0.717, 1.165) is 12.8 Å². The number of halogens is 1. The van der Waals surface area contributed by atoms with E-state index in [-0.39, 0.29) is 18.4 Å². The quantitative estimate of drug-likeness (QED) is 0.780. The van der Waals surface area contributed by atoms with E-state index in [1.807, 2.05) is 0 Å². The highest BCUT2D eigenvalue weighted by Gasteiger charge is 2.29. The van der Waals surface area contributed by atoms with Crippen molar-refractivity contribution in [1.29, 1.82) is 0 Å². The molecular weight excluding hydrogens is 237 g/mol. The molecule has 0 aromatic heterocycles. The summed E-state index contributed by atoms with van der Waals surface area (Å²) in [6.07, 6.45) is 2.15. The van der Waals surface area contributed by atoms with Gasteiger partial charge in [-0.1, -0.05) is 0 Å². The minimum atomic E-state index is -0.479. The first-order valence-corrected chi connectivity index (χ1v) is 5.91. The van der Waals surface area contributed by atoms with Gasteiger partial charge >= 0.3 is 5.97 Å². The third-order valence-electron chi connectivity index (χ3n) is 2.73. The molecule has 1 unspecified atom stereocenters. The molecule has 1 saturated carbocycles. The van der Waals surface area contributed by atoms with Gasteiger partial charge < -0.3 is 9.47 Å². The van der Waals surface area contributed by atoms with E-state index < -0.39 is 6.04 Å². The molecule has 98 valence electrons. The van der Waals surface area contributed by atoms with E-state index >= 15 is 0 Å². The lowest BCUT2D eigenvalue weighted by molar-refractivity contribution is -0.144. The Morgan fingerprint density at radius 1 is 1.44 bits per heavy atom. The molecule has 5 heteroatoms. The Balaban J connectivity index is 1.87. The van der Waals surface area contributed by atoms with Crippen LogP contribution < -0.4 is 10.1 Å². The number of ether oxygens (including phenoxy) is 2. The number of benzene rings is 1. The molecular formula is C13H16FNO3. The van der Waals surface area contributed by atoms with Gasteiger partial charge in [0.25, 0.3) is 0 Å². The van der Waals surface area contributed by atoms with E-state index in [0.29, 0.717) is 11.8 Å². The Labute approximate surface area is 105 Å². The molecule has 1 aliphatic carbocycles. The molecule has 1 N–H and O–H groups in total. The van der Waals surface area contributed by atoms with Crippen LogP contribution in [-0.4, -0.2) is 31.8 Å². The Kier molecular flexibility index (Phi) is 4.15. The number of methoxy groups -OCH3 is 1. The highest BCUT2D eigenvalue weighted by Crippen LogP contribution is 2.20. The zero-order valence-electron chi connectivity index (χ0n) is 10.2. The lowest BCUT2D eigenvalue weighted by atomic mass is 10.3. The van der Waals surface area contributed by atoms with Gasteiger partial charge in [0.1, 0.15) is 24.2 Å². The summed E-state index contributed by atoms with van der Waals surface area (Å²) in [4.78, 5) is 11.5. The topological polar surface area (TPSA) is 47.6 Å². The fourth-order valence-corrected chi connectivity index (χ4v) is 1.57. The lowest BCUT2D eigenvalue weighted by Gasteiger charge is -2.16. The van der Waals surface area contributed by atoms with E-state index in [1.165, 1.54) is 31.4 Å². The van der Waals surface area contributed by atoms with Gasteiger partial charge in [0.15, 0.2) is 0 Å². The Morgan fingerprint density at radius 3 is 2.67 bits per heavy atom. The number of nitrogens with one attached hydrogen (secondary N) is 1. The highest BCUT2D eigenvalue weighted by molar-refractivity contribution is 5.75. The molecule has 0 aliphatic heterocycles. The van der Waals surface area contributed by atoms with Crippen molar-refractivity contribution in [3.05, 3.63) is 30.1 Å². The highest BCUT2D eigenvalue weighted by atomic mass is 19.1. The van der Waals surface area contributed by atoms with E-state index in [2.05, 4.69) is 5.32 Å². The fraction of sp³-hybridized carbons (Fsp3) is 0.462. The zero-order chi connectivity index (χ0) is 13.0. The molecule has 4 nitrogen and oxygen atoms in total. The van der Waals surface area contributed by atoms with Crippen LogP contribution in [0.25, 0.3) is 0 Å². The third-order valence-corrected chi connectivity index (χ3v) is 2.73. The Hall–Kier alpha value is -1.62. The van der Waals surface area contributed by atoms with Gasteiger partial charge in [-0.3, -0.25) is 10.1 Å². The normalized spacial score (nSPS) is 16.1. The smallest absolute Gasteiger partial charge is 0.326 e. The van der Waals surface area contributed by atoms with Crippen LogP contribution in [0.3, 0.4) is 0 Å². The first-order valence-electron chi connectivity index (χ1n) is 5.91. The molecule has 1 fully saturated rings. The molecule has 0 heterocycles. The van der Waals surface area contributed by atoms with Crippen molar-refractivity contribution in [2.75, 3.05) is 13.7 Å². The van der Waals surface area contributed by atoms with Crippen LogP contribution >= 0.6 is 0 Å². The van der Waals surface area contributed by atoms with Crippen LogP contribution in [0.5, 0.6) is 5.75 Å². The van der Waals surface area contributed by atoms with Crippen molar-refractivity contribution in [2.45, 2.75) is 24.9 Å². The summed E-state index contributed by atoms with van der Waals surface area (Å²) in [6, 6.07) is 5.59. The van der Waals surface area contributed by atoms with E-state index in [1.54, 1.807) is 0 Å². The molecule has 0 bridgehead atoms. The minimum Gasteiger partial charge on any atom is -0.491 e. The third kappa shape index (κ3) is 3.70. The van der Waals surface area contributed by atoms with Crippen molar-refractivity contribution in [3.63, 3.8) is 0 Å². The monoisotopic (exact) mass is 253 g/mol. The van der Waals surface area contributed by atoms with E-state index in [4.69, 9.17) is 9.47 Å². The summed E-state index contributed by atoms with van der Waals surface area (Å²) in [5.41, 5.74) is 0. The molecule has 1 aromatic rings. The molecule has 18 heavy (non-hydrogen) atoms. The van der Waals surface area contributed by atoms with Gasteiger partial charge in [-0.15, -0.1) is 0 Å². The van der Waals surface area contributed by atoms with Gasteiger partial charge in [-0.05, 0) is 37.1 Å². The maximum atomic E-state index is 12.7. The largest absolute Gasteiger partial charge is 0.491 e. The first-order chi connectivity index (χ1) is 8.69. The second kappa shape index (κ2) is 5.82. The summed E-state index contributed by atoms with van der Waals surface area (Å²) in [7, 11) is 1.35. The van der Waals surface area contributed by atoms with Gasteiger partial charge in [-0.25, -0.2) is 4.39 Å². The minimum absolute atomic E-state index is 0.175. The van der Waals surface area contributed by atoms with Crippen molar-refractivity contribution < 1.29 is 18.7 Å². The number of rotatable bonds is 6. The molecule has 2 rings (SSSR count). The van der Waals surface area contributed by atoms with Crippen molar-refractivity contribution in [3.8, 4) is 5.75 Å². The molecule has 0 spiro atoms. The molecule has 0 saturated heterocycles.